The van der Waals surface area contributed by atoms with Gasteiger partial charge in [-0.1, -0.05) is 33.6 Å². The smallest absolute Gasteiger partial charge is 0.407 e. The zero-order valence-corrected chi connectivity index (χ0v) is 31.6. The number of thioether (sulfide) groups is 1. The molecule has 19 heteroatoms. The number of ether oxygens (including phenoxy) is 4. The summed E-state index contributed by atoms with van der Waals surface area (Å²) < 4.78 is 20.1. The number of imide groups is 1. The number of alkyl carbamates (subject to hydrolysis) is 1. The Morgan fingerprint density at radius 3 is 2.08 bits per heavy atom. The Morgan fingerprint density at radius 2 is 1.46 bits per heavy atom. The topological polar surface area (TPSA) is 231 Å². The minimum Gasteiger partial charge on any atom is -0.444 e. The summed E-state index contributed by atoms with van der Waals surface area (Å²) in [5.41, 5.74) is 0. The Morgan fingerprint density at radius 1 is 0.865 bits per heavy atom. The van der Waals surface area contributed by atoms with Crippen LogP contribution in [0.2, 0.25) is 0 Å². The van der Waals surface area contributed by atoms with E-state index in [0.717, 1.165) is 30.6 Å². The van der Waals surface area contributed by atoms with Crippen molar-refractivity contribution < 1.29 is 57.9 Å². The lowest BCUT2D eigenvalue weighted by Gasteiger charge is -2.31. The molecule has 1 rings (SSSR count). The molecule has 6 N–H and O–H groups in total. The highest BCUT2D eigenvalue weighted by molar-refractivity contribution is 8.03. The van der Waals surface area contributed by atoms with Crippen LogP contribution >= 0.6 is 11.8 Å². The molecule has 0 spiro atoms. The molecule has 1 heterocycles. The molecule has 0 aromatic rings. The molecule has 1 aliphatic heterocycles. The van der Waals surface area contributed by atoms with E-state index in [0.29, 0.717) is 6.42 Å². The minimum atomic E-state index is -1.38. The molecule has 0 aromatic heterocycles. The van der Waals surface area contributed by atoms with E-state index in [4.69, 9.17) is 31.9 Å². The van der Waals surface area contributed by atoms with Gasteiger partial charge < -0.3 is 50.4 Å². The third kappa shape index (κ3) is 20.9. The van der Waals surface area contributed by atoms with E-state index in [1.54, 1.807) is 6.92 Å². The Bertz CT molecular complexity index is 1100. The maximum absolute atomic E-state index is 12.8. The largest absolute Gasteiger partial charge is 0.444 e. The summed E-state index contributed by atoms with van der Waals surface area (Å²) in [6.07, 6.45) is 1.17. The Labute approximate surface area is 312 Å². The summed E-state index contributed by atoms with van der Waals surface area (Å²) in [5.74, 6) is -1.48. The second-order valence-corrected chi connectivity index (χ2v) is 13.7. The average Bonchev–Trinajstić information content (AvgIpc) is 3.36. The third-order valence-corrected chi connectivity index (χ3v) is 9.19. The van der Waals surface area contributed by atoms with E-state index >= 15 is 0 Å². The van der Waals surface area contributed by atoms with E-state index < -0.39 is 35.0 Å². The fourth-order valence-corrected chi connectivity index (χ4v) is 6.65. The quantitative estimate of drug-likeness (QED) is 0.0239. The highest BCUT2D eigenvalue weighted by atomic mass is 32.2. The Balaban J connectivity index is 2.02. The number of aliphatic hydroxyl groups is 2. The van der Waals surface area contributed by atoms with Crippen molar-refractivity contribution in [2.45, 2.75) is 101 Å². The molecule has 3 unspecified atom stereocenters. The molecule has 2 radical (unpaired) electrons. The maximum atomic E-state index is 12.8. The van der Waals surface area contributed by atoms with Crippen molar-refractivity contribution >= 4 is 55.2 Å². The van der Waals surface area contributed by atoms with Crippen molar-refractivity contribution in [3.63, 3.8) is 0 Å². The van der Waals surface area contributed by atoms with Gasteiger partial charge in [-0.3, -0.25) is 28.9 Å². The summed E-state index contributed by atoms with van der Waals surface area (Å²) in [6.45, 7) is 6.71. The Kier molecular flexibility index (Phi) is 25.0. The van der Waals surface area contributed by atoms with E-state index in [-0.39, 0.29) is 121 Å². The molecule has 1 fully saturated rings. The molecule has 0 saturated carbocycles. The van der Waals surface area contributed by atoms with Crippen molar-refractivity contribution in [1.29, 1.82) is 0 Å². The number of nitrogens with one attached hydrogen (secondary N) is 4. The van der Waals surface area contributed by atoms with Crippen LogP contribution in [-0.4, -0.2) is 153 Å². The van der Waals surface area contributed by atoms with Gasteiger partial charge >= 0.3 is 6.09 Å². The number of nitrogens with zero attached hydrogens (tertiary/aromatic N) is 1. The number of likely N-dealkylation sites (tertiary alicyclic amines) is 1. The van der Waals surface area contributed by atoms with E-state index in [1.807, 2.05) is 13.8 Å². The van der Waals surface area contributed by atoms with Crippen LogP contribution in [0.4, 0.5) is 4.79 Å². The molecule has 0 aliphatic carbocycles. The first-order chi connectivity index (χ1) is 24.9. The summed E-state index contributed by atoms with van der Waals surface area (Å²) in [6, 6.07) is 0. The fourth-order valence-electron chi connectivity index (χ4n) is 4.99. The van der Waals surface area contributed by atoms with Crippen molar-refractivity contribution in [2.75, 3.05) is 72.4 Å². The number of carbonyl (C=O) groups excluding carboxylic acids is 6. The first-order valence-electron chi connectivity index (χ1n) is 18.0. The third-order valence-electron chi connectivity index (χ3n) is 7.66. The van der Waals surface area contributed by atoms with Crippen molar-refractivity contribution in [1.82, 2.24) is 26.2 Å². The zero-order chi connectivity index (χ0) is 38.8. The molecule has 6 amide bonds. The first-order valence-corrected chi connectivity index (χ1v) is 18.9. The van der Waals surface area contributed by atoms with Crippen LogP contribution in [0.5, 0.6) is 0 Å². The highest BCUT2D eigenvalue weighted by Gasteiger charge is 2.42. The van der Waals surface area contributed by atoms with Crippen LogP contribution in [0.3, 0.4) is 0 Å². The average molecular weight is 760 g/mol. The number of hydrogen-bond donors (Lipinski definition) is 6. The SMILES string of the molecule is [B]C(CCC)(CCC)SC1CC(=O)N(CCC(=O)NCCOCCOCCC(=O)NCCNC(=O)CCNC(=O)OCC(O)OC(CC)CO)C1=O. The van der Waals surface area contributed by atoms with Gasteiger partial charge in [-0.2, -0.15) is 11.8 Å². The van der Waals surface area contributed by atoms with Crippen LogP contribution < -0.4 is 21.3 Å². The monoisotopic (exact) mass is 759 g/mol. The molecular weight excluding hydrogens is 701 g/mol. The second kappa shape index (κ2) is 27.6. The lowest BCUT2D eigenvalue weighted by atomic mass is 9.79. The van der Waals surface area contributed by atoms with Crippen LogP contribution in [0.1, 0.15) is 78.6 Å². The second-order valence-electron chi connectivity index (χ2n) is 12.1. The van der Waals surface area contributed by atoms with E-state index in [1.165, 1.54) is 11.8 Å². The molecule has 52 heavy (non-hydrogen) atoms. The first kappa shape index (κ1) is 47.1. The Hall–Kier alpha value is -2.97. The summed E-state index contributed by atoms with van der Waals surface area (Å²) in [4.78, 5) is 74.2. The molecule has 3 atom stereocenters. The van der Waals surface area contributed by atoms with Crippen molar-refractivity contribution in [3.8, 4) is 0 Å². The summed E-state index contributed by atoms with van der Waals surface area (Å²) in [7, 11) is 6.52. The fraction of sp³-hybridized carbons (Fsp3) is 0.818. The van der Waals surface area contributed by atoms with Crippen LogP contribution in [-0.2, 0) is 42.9 Å². The van der Waals surface area contributed by atoms with Crippen molar-refractivity contribution in [3.05, 3.63) is 0 Å². The predicted octanol–water partition coefficient (Wildman–Crippen LogP) is -0.304. The van der Waals surface area contributed by atoms with Gasteiger partial charge in [0, 0.05) is 58.4 Å². The molecule has 296 valence electrons. The molecular formula is C33H58BN5O12S. The maximum Gasteiger partial charge on any atom is 0.407 e. The normalized spacial score (nSPS) is 15.6. The van der Waals surface area contributed by atoms with Gasteiger partial charge in [-0.25, -0.2) is 4.79 Å². The number of rotatable bonds is 30. The van der Waals surface area contributed by atoms with Gasteiger partial charge in [-0.15, -0.1) is 0 Å². The minimum absolute atomic E-state index is 0.00177. The standard InChI is InChI=1S/C33H58BN5O12S/c1-4-10-33(34,11-5-2)52-25-21-29(44)39(31(25)46)16-8-27(42)37-15-18-49-20-19-48-17-9-28(43)36-14-13-35-26(41)7-12-38-32(47)50-23-30(45)51-24(6-3)22-40/h24-25,30,40,45H,4-23H2,1-3H3,(H,35,41)(H,36,43)(H,37,42)(H,38,47). The molecule has 1 saturated heterocycles. The van der Waals surface area contributed by atoms with Gasteiger partial charge in [-0.05, 0) is 23.9 Å². The number of hydrogen-bond acceptors (Lipinski definition) is 13. The highest BCUT2D eigenvalue weighted by Crippen LogP contribution is 2.39. The van der Waals surface area contributed by atoms with Gasteiger partial charge in [0.25, 0.3) is 0 Å². The van der Waals surface area contributed by atoms with Gasteiger partial charge in [0.2, 0.25) is 29.5 Å². The van der Waals surface area contributed by atoms with E-state index in [9.17, 15) is 33.9 Å². The van der Waals surface area contributed by atoms with Crippen LogP contribution in [0.25, 0.3) is 0 Å². The molecule has 17 nitrogen and oxygen atoms in total. The van der Waals surface area contributed by atoms with Gasteiger partial charge in [0.05, 0.1) is 52.2 Å². The van der Waals surface area contributed by atoms with Gasteiger partial charge in [0.15, 0.2) is 6.29 Å². The van der Waals surface area contributed by atoms with E-state index in [2.05, 4.69) is 21.3 Å². The van der Waals surface area contributed by atoms with Crippen LogP contribution in [0, 0.1) is 0 Å². The number of aliphatic hydroxyl groups excluding tert-OH is 2. The number of carbonyl (C=O) groups is 6. The lowest BCUT2D eigenvalue weighted by molar-refractivity contribution is -0.165. The molecule has 0 aromatic carbocycles. The predicted molar refractivity (Wildman–Crippen MR) is 193 cm³/mol. The van der Waals surface area contributed by atoms with Crippen LogP contribution in [0.15, 0.2) is 0 Å². The van der Waals surface area contributed by atoms with Gasteiger partial charge in [0.1, 0.15) is 6.61 Å². The summed E-state index contributed by atoms with van der Waals surface area (Å²) >= 11 is 1.38. The molecule has 1 aliphatic rings. The lowest BCUT2D eigenvalue weighted by Crippen LogP contribution is -2.37. The summed E-state index contributed by atoms with van der Waals surface area (Å²) in [5, 5.41) is 28.5. The van der Waals surface area contributed by atoms with Crippen molar-refractivity contribution in [2.24, 2.45) is 0 Å². The number of amides is 6. The molecule has 0 bridgehead atoms. The zero-order valence-electron chi connectivity index (χ0n) is 30.8.